The molecule has 140 valence electrons. The summed E-state index contributed by atoms with van der Waals surface area (Å²) < 4.78 is 18.3. The highest BCUT2D eigenvalue weighted by Gasteiger charge is 2.24. The zero-order valence-corrected chi connectivity index (χ0v) is 15.7. The fourth-order valence-electron chi connectivity index (χ4n) is 3.20. The topological polar surface area (TPSA) is 40.1 Å². The van der Waals surface area contributed by atoms with Crippen LogP contribution in [0, 0.1) is 5.82 Å². The van der Waals surface area contributed by atoms with Crippen LogP contribution in [0.2, 0.25) is 0 Å². The number of halogens is 1. The Morgan fingerprint density at radius 2 is 2.16 bits per heavy atom. The van der Waals surface area contributed by atoms with E-state index in [1.54, 1.807) is 7.11 Å². The molecule has 0 bridgehead atoms. The molecular formula is C19H31FN4O. The average Bonchev–Trinajstić information content (AvgIpc) is 3.06. The zero-order chi connectivity index (χ0) is 18.1. The molecule has 6 heteroatoms. The monoisotopic (exact) mass is 350 g/mol. The van der Waals surface area contributed by atoms with Crippen molar-refractivity contribution in [2.45, 2.75) is 32.4 Å². The molecule has 1 aliphatic heterocycles. The molecule has 1 aliphatic rings. The Kier molecular flexibility index (Phi) is 8.15. The summed E-state index contributed by atoms with van der Waals surface area (Å²) in [5, 5.41) is 3.35. The fraction of sp³-hybridized carbons (Fsp3) is 0.632. The first-order chi connectivity index (χ1) is 12.1. The van der Waals surface area contributed by atoms with Gasteiger partial charge in [0.1, 0.15) is 5.82 Å². The number of methoxy groups -OCH3 is 1. The van der Waals surface area contributed by atoms with Gasteiger partial charge in [0.2, 0.25) is 0 Å². The lowest BCUT2D eigenvalue weighted by Crippen LogP contribution is -2.40. The van der Waals surface area contributed by atoms with Crippen molar-refractivity contribution >= 4 is 5.96 Å². The molecule has 1 saturated heterocycles. The maximum absolute atomic E-state index is 13.1. The van der Waals surface area contributed by atoms with Gasteiger partial charge in [-0.05, 0) is 44.0 Å². The Morgan fingerprint density at radius 1 is 1.40 bits per heavy atom. The van der Waals surface area contributed by atoms with E-state index in [1.807, 2.05) is 19.2 Å². The number of nitrogens with zero attached hydrogens (tertiary/aromatic N) is 3. The minimum Gasteiger partial charge on any atom is -0.383 e. The number of rotatable bonds is 8. The molecule has 0 amide bonds. The number of hydrogen-bond acceptors (Lipinski definition) is 3. The van der Waals surface area contributed by atoms with Gasteiger partial charge in [-0.2, -0.15) is 0 Å². The molecule has 2 rings (SSSR count). The SMILES string of the molecule is CCNC(=NCC1CCCN1CCOC)N(C)Cc1ccc(F)cc1. The van der Waals surface area contributed by atoms with Gasteiger partial charge in [-0.25, -0.2) is 4.39 Å². The predicted octanol–water partition coefficient (Wildman–Crippen LogP) is 2.33. The highest BCUT2D eigenvalue weighted by Crippen LogP contribution is 2.17. The van der Waals surface area contributed by atoms with Crippen molar-refractivity contribution in [3.05, 3.63) is 35.6 Å². The van der Waals surface area contributed by atoms with Crippen LogP contribution in [0.1, 0.15) is 25.3 Å². The van der Waals surface area contributed by atoms with Gasteiger partial charge < -0.3 is 15.0 Å². The van der Waals surface area contributed by atoms with Crippen molar-refractivity contribution < 1.29 is 9.13 Å². The van der Waals surface area contributed by atoms with Crippen molar-refractivity contribution in [1.29, 1.82) is 0 Å². The van der Waals surface area contributed by atoms with E-state index >= 15 is 0 Å². The van der Waals surface area contributed by atoms with E-state index in [0.29, 0.717) is 12.6 Å². The first kappa shape index (κ1) is 19.7. The molecule has 0 aromatic heterocycles. The van der Waals surface area contributed by atoms with Crippen LogP contribution in [0.3, 0.4) is 0 Å². The van der Waals surface area contributed by atoms with E-state index in [4.69, 9.17) is 9.73 Å². The third-order valence-electron chi connectivity index (χ3n) is 4.56. The Hall–Kier alpha value is -1.66. The molecular weight excluding hydrogens is 319 g/mol. The van der Waals surface area contributed by atoms with Crippen LogP contribution in [-0.4, -0.2) is 68.7 Å². The second kappa shape index (κ2) is 10.4. The Bertz CT molecular complexity index is 535. The van der Waals surface area contributed by atoms with Gasteiger partial charge in [0.15, 0.2) is 5.96 Å². The predicted molar refractivity (Wildman–Crippen MR) is 100 cm³/mol. The molecule has 1 unspecified atom stereocenters. The van der Waals surface area contributed by atoms with Crippen molar-refractivity contribution in [2.24, 2.45) is 4.99 Å². The summed E-state index contributed by atoms with van der Waals surface area (Å²) in [6, 6.07) is 7.12. The van der Waals surface area contributed by atoms with E-state index < -0.39 is 0 Å². The maximum atomic E-state index is 13.1. The third kappa shape index (κ3) is 6.29. The molecule has 25 heavy (non-hydrogen) atoms. The Balaban J connectivity index is 1.95. The standard InChI is InChI=1S/C19H31FN4O/c1-4-21-19(23(2)15-16-7-9-17(20)10-8-16)22-14-18-6-5-11-24(18)12-13-25-3/h7-10,18H,4-6,11-15H2,1-3H3,(H,21,22). The maximum Gasteiger partial charge on any atom is 0.194 e. The Labute approximate surface area is 150 Å². The van der Waals surface area contributed by atoms with E-state index in [1.165, 1.54) is 25.0 Å². The highest BCUT2D eigenvalue weighted by atomic mass is 19.1. The molecule has 1 N–H and O–H groups in total. The number of guanidine groups is 1. The Morgan fingerprint density at radius 3 is 2.84 bits per heavy atom. The minimum absolute atomic E-state index is 0.204. The molecule has 1 atom stereocenters. The zero-order valence-electron chi connectivity index (χ0n) is 15.7. The lowest BCUT2D eigenvalue weighted by atomic mass is 10.2. The van der Waals surface area contributed by atoms with Gasteiger partial charge in [-0.3, -0.25) is 9.89 Å². The molecule has 1 aromatic carbocycles. The normalized spacial score (nSPS) is 18.6. The smallest absolute Gasteiger partial charge is 0.194 e. The van der Waals surface area contributed by atoms with Crippen LogP contribution >= 0.6 is 0 Å². The number of ether oxygens (including phenoxy) is 1. The number of nitrogens with one attached hydrogen (secondary N) is 1. The number of likely N-dealkylation sites (tertiary alicyclic amines) is 1. The van der Waals surface area contributed by atoms with Crippen molar-refractivity contribution in [2.75, 3.05) is 46.9 Å². The van der Waals surface area contributed by atoms with Crippen LogP contribution in [0.15, 0.2) is 29.3 Å². The van der Waals surface area contributed by atoms with Crippen LogP contribution in [-0.2, 0) is 11.3 Å². The summed E-state index contributed by atoms with van der Waals surface area (Å²) in [7, 11) is 3.76. The lowest BCUT2D eigenvalue weighted by molar-refractivity contribution is 0.142. The largest absolute Gasteiger partial charge is 0.383 e. The van der Waals surface area contributed by atoms with Gasteiger partial charge >= 0.3 is 0 Å². The molecule has 0 radical (unpaired) electrons. The molecule has 0 spiro atoms. The van der Waals surface area contributed by atoms with Crippen molar-refractivity contribution in [3.63, 3.8) is 0 Å². The fourth-order valence-corrected chi connectivity index (χ4v) is 3.20. The van der Waals surface area contributed by atoms with Crippen molar-refractivity contribution in [3.8, 4) is 0 Å². The second-order valence-electron chi connectivity index (χ2n) is 6.50. The molecule has 1 aromatic rings. The molecule has 0 saturated carbocycles. The van der Waals surface area contributed by atoms with Crippen molar-refractivity contribution in [1.82, 2.24) is 15.1 Å². The summed E-state index contributed by atoms with van der Waals surface area (Å²) >= 11 is 0. The van der Waals surface area contributed by atoms with E-state index in [9.17, 15) is 4.39 Å². The summed E-state index contributed by atoms with van der Waals surface area (Å²) in [4.78, 5) is 9.40. The highest BCUT2D eigenvalue weighted by molar-refractivity contribution is 5.79. The minimum atomic E-state index is -0.204. The summed E-state index contributed by atoms with van der Waals surface area (Å²) in [6.07, 6.45) is 2.42. The van der Waals surface area contributed by atoms with E-state index in [-0.39, 0.29) is 5.82 Å². The van der Waals surface area contributed by atoms with Gasteiger partial charge in [-0.1, -0.05) is 12.1 Å². The first-order valence-corrected chi connectivity index (χ1v) is 9.11. The van der Waals surface area contributed by atoms with Crippen LogP contribution < -0.4 is 5.32 Å². The van der Waals surface area contributed by atoms with Gasteiger partial charge in [0.05, 0.1) is 13.2 Å². The number of benzene rings is 1. The molecule has 0 aliphatic carbocycles. The quantitative estimate of drug-likeness (QED) is 0.577. The first-order valence-electron chi connectivity index (χ1n) is 9.11. The lowest BCUT2D eigenvalue weighted by Gasteiger charge is -2.25. The van der Waals surface area contributed by atoms with Gasteiger partial charge in [-0.15, -0.1) is 0 Å². The average molecular weight is 350 g/mol. The molecule has 1 heterocycles. The summed E-state index contributed by atoms with van der Waals surface area (Å²) in [6.45, 7) is 7.26. The van der Waals surface area contributed by atoms with Crippen LogP contribution in [0.25, 0.3) is 0 Å². The second-order valence-corrected chi connectivity index (χ2v) is 6.50. The van der Waals surface area contributed by atoms with E-state index in [0.717, 1.165) is 44.3 Å². The summed E-state index contributed by atoms with van der Waals surface area (Å²) in [5.41, 5.74) is 1.07. The van der Waals surface area contributed by atoms with E-state index in [2.05, 4.69) is 22.0 Å². The molecule has 1 fully saturated rings. The number of hydrogen-bond donors (Lipinski definition) is 1. The van der Waals surface area contributed by atoms with Crippen LogP contribution in [0.4, 0.5) is 4.39 Å². The van der Waals surface area contributed by atoms with Crippen LogP contribution in [0.5, 0.6) is 0 Å². The third-order valence-corrected chi connectivity index (χ3v) is 4.56. The van der Waals surface area contributed by atoms with Gasteiger partial charge in [0.25, 0.3) is 0 Å². The number of aliphatic imine (C=N–C) groups is 1. The summed E-state index contributed by atoms with van der Waals surface area (Å²) in [5.74, 6) is 0.690. The molecule has 5 nitrogen and oxygen atoms in total. The van der Waals surface area contributed by atoms with Gasteiger partial charge in [0, 0.05) is 39.8 Å².